The SMILES string of the molecule is CCCCCCCNC(=O)c1oc(-c2ccccc2)c2cc(C)ccc12. The van der Waals surface area contributed by atoms with Crippen molar-refractivity contribution in [1.29, 1.82) is 0 Å². The predicted molar refractivity (Wildman–Crippen MR) is 107 cm³/mol. The van der Waals surface area contributed by atoms with Crippen LogP contribution in [0.15, 0.2) is 52.9 Å². The van der Waals surface area contributed by atoms with Crippen LogP contribution in [0.2, 0.25) is 0 Å². The van der Waals surface area contributed by atoms with Crippen molar-refractivity contribution in [3.05, 3.63) is 59.9 Å². The zero-order chi connectivity index (χ0) is 18.4. The van der Waals surface area contributed by atoms with E-state index in [9.17, 15) is 4.79 Å². The van der Waals surface area contributed by atoms with Crippen LogP contribution in [0, 0.1) is 6.92 Å². The maximum absolute atomic E-state index is 12.7. The number of carbonyl (C=O) groups is 1. The van der Waals surface area contributed by atoms with Gasteiger partial charge in [0.2, 0.25) is 0 Å². The molecule has 26 heavy (non-hydrogen) atoms. The van der Waals surface area contributed by atoms with Crippen molar-refractivity contribution in [2.24, 2.45) is 0 Å². The molecule has 0 aliphatic rings. The smallest absolute Gasteiger partial charge is 0.287 e. The number of unbranched alkanes of at least 4 members (excludes halogenated alkanes) is 4. The first kappa shape index (κ1) is 18.2. The standard InChI is InChI=1S/C23H27NO2/c1-3-4-5-6-10-15-24-23(25)22-19-14-13-17(2)16-20(19)21(26-22)18-11-8-7-9-12-18/h7-9,11-14,16H,3-6,10,15H2,1-2H3,(H,24,25). The van der Waals surface area contributed by atoms with Gasteiger partial charge in [-0.2, -0.15) is 0 Å². The highest BCUT2D eigenvalue weighted by Crippen LogP contribution is 2.34. The van der Waals surface area contributed by atoms with Crippen molar-refractivity contribution in [2.75, 3.05) is 6.54 Å². The van der Waals surface area contributed by atoms with Crippen LogP contribution in [0.4, 0.5) is 0 Å². The third-order valence-corrected chi connectivity index (χ3v) is 4.68. The van der Waals surface area contributed by atoms with Crippen molar-refractivity contribution in [3.63, 3.8) is 0 Å². The molecular weight excluding hydrogens is 322 g/mol. The Morgan fingerprint density at radius 2 is 1.73 bits per heavy atom. The van der Waals surface area contributed by atoms with Gasteiger partial charge in [0.15, 0.2) is 5.76 Å². The summed E-state index contributed by atoms with van der Waals surface area (Å²) in [5.74, 6) is 1.04. The molecule has 0 saturated heterocycles. The number of aryl methyl sites for hydroxylation is 1. The molecule has 0 spiro atoms. The number of benzene rings is 2. The maximum atomic E-state index is 12.7. The molecule has 1 N–H and O–H groups in total. The van der Waals surface area contributed by atoms with Crippen LogP contribution in [0.5, 0.6) is 0 Å². The Hall–Kier alpha value is -2.55. The summed E-state index contributed by atoms with van der Waals surface area (Å²) in [5, 5.41) is 4.88. The zero-order valence-corrected chi connectivity index (χ0v) is 15.7. The van der Waals surface area contributed by atoms with Gasteiger partial charge in [0.05, 0.1) is 0 Å². The van der Waals surface area contributed by atoms with Gasteiger partial charge in [0, 0.05) is 22.9 Å². The summed E-state index contributed by atoms with van der Waals surface area (Å²) in [6, 6.07) is 16.1. The quantitative estimate of drug-likeness (QED) is 0.499. The Bertz CT molecular complexity index is 865. The van der Waals surface area contributed by atoms with E-state index in [0.29, 0.717) is 12.3 Å². The zero-order valence-electron chi connectivity index (χ0n) is 15.7. The van der Waals surface area contributed by atoms with E-state index in [1.54, 1.807) is 0 Å². The molecule has 0 radical (unpaired) electrons. The van der Waals surface area contributed by atoms with E-state index >= 15 is 0 Å². The topological polar surface area (TPSA) is 42.2 Å². The van der Waals surface area contributed by atoms with E-state index in [1.807, 2.05) is 42.5 Å². The average Bonchev–Trinajstić information content (AvgIpc) is 3.04. The lowest BCUT2D eigenvalue weighted by molar-refractivity contribution is 0.0928. The van der Waals surface area contributed by atoms with Gasteiger partial charge >= 0.3 is 0 Å². The molecule has 0 bridgehead atoms. The number of hydrogen-bond donors (Lipinski definition) is 1. The fourth-order valence-corrected chi connectivity index (χ4v) is 3.24. The lowest BCUT2D eigenvalue weighted by Crippen LogP contribution is -2.24. The van der Waals surface area contributed by atoms with Crippen LogP contribution >= 0.6 is 0 Å². The summed E-state index contributed by atoms with van der Waals surface area (Å²) in [7, 11) is 0. The molecule has 1 heterocycles. The molecule has 1 aromatic heterocycles. The van der Waals surface area contributed by atoms with Gasteiger partial charge in [-0.15, -0.1) is 0 Å². The lowest BCUT2D eigenvalue weighted by atomic mass is 10.0. The number of fused-ring (bicyclic) bond motifs is 1. The van der Waals surface area contributed by atoms with Crippen LogP contribution < -0.4 is 5.32 Å². The first-order chi connectivity index (χ1) is 12.7. The Morgan fingerprint density at radius 3 is 2.50 bits per heavy atom. The van der Waals surface area contributed by atoms with Gasteiger partial charge in [0.1, 0.15) is 5.76 Å². The second-order valence-electron chi connectivity index (χ2n) is 6.85. The molecule has 136 valence electrons. The van der Waals surface area contributed by atoms with E-state index in [1.165, 1.54) is 19.3 Å². The van der Waals surface area contributed by atoms with E-state index in [0.717, 1.165) is 40.5 Å². The van der Waals surface area contributed by atoms with Crippen LogP contribution in [0.1, 0.15) is 55.1 Å². The number of nitrogens with one attached hydrogen (secondary N) is 1. The second kappa shape index (κ2) is 8.70. The molecule has 3 nitrogen and oxygen atoms in total. The molecule has 0 saturated carbocycles. The van der Waals surface area contributed by atoms with Crippen molar-refractivity contribution in [1.82, 2.24) is 5.32 Å². The van der Waals surface area contributed by atoms with Crippen LogP contribution in [-0.2, 0) is 0 Å². The third kappa shape index (κ3) is 4.16. The first-order valence-electron chi connectivity index (χ1n) is 9.57. The Morgan fingerprint density at radius 1 is 0.962 bits per heavy atom. The molecule has 2 aromatic carbocycles. The first-order valence-corrected chi connectivity index (χ1v) is 9.57. The highest BCUT2D eigenvalue weighted by molar-refractivity contribution is 6.09. The highest BCUT2D eigenvalue weighted by Gasteiger charge is 2.20. The number of rotatable bonds is 8. The molecule has 0 unspecified atom stereocenters. The van der Waals surface area contributed by atoms with Gasteiger partial charge < -0.3 is 9.73 Å². The summed E-state index contributed by atoms with van der Waals surface area (Å²) < 4.78 is 6.05. The summed E-state index contributed by atoms with van der Waals surface area (Å²) >= 11 is 0. The van der Waals surface area contributed by atoms with Crippen molar-refractivity contribution in [3.8, 4) is 11.3 Å². The molecule has 0 aliphatic carbocycles. The number of hydrogen-bond acceptors (Lipinski definition) is 2. The Kier molecular flexibility index (Phi) is 6.11. The molecular formula is C23H27NO2. The van der Waals surface area contributed by atoms with Gasteiger partial charge in [0.25, 0.3) is 5.91 Å². The van der Waals surface area contributed by atoms with Gasteiger partial charge in [-0.1, -0.05) is 80.6 Å². The van der Waals surface area contributed by atoms with Crippen molar-refractivity contribution >= 4 is 16.7 Å². The Balaban J connectivity index is 1.81. The van der Waals surface area contributed by atoms with E-state index in [-0.39, 0.29) is 5.91 Å². The maximum Gasteiger partial charge on any atom is 0.287 e. The Labute approximate surface area is 155 Å². The van der Waals surface area contributed by atoms with Gasteiger partial charge in [-0.05, 0) is 19.4 Å². The van der Waals surface area contributed by atoms with Crippen LogP contribution in [0.3, 0.4) is 0 Å². The minimum absolute atomic E-state index is 0.128. The molecule has 0 atom stereocenters. The summed E-state index contributed by atoms with van der Waals surface area (Å²) in [4.78, 5) is 12.7. The predicted octanol–water partition coefficient (Wildman–Crippen LogP) is 6.11. The minimum atomic E-state index is -0.128. The highest BCUT2D eigenvalue weighted by atomic mass is 16.4. The molecule has 0 aliphatic heterocycles. The van der Waals surface area contributed by atoms with Crippen molar-refractivity contribution < 1.29 is 9.21 Å². The molecule has 3 aromatic rings. The average molecular weight is 349 g/mol. The number of amides is 1. The summed E-state index contributed by atoms with van der Waals surface area (Å²) in [5.41, 5.74) is 2.14. The summed E-state index contributed by atoms with van der Waals surface area (Å²) in [6.45, 7) is 4.95. The molecule has 1 amide bonds. The van der Waals surface area contributed by atoms with Crippen LogP contribution in [0.25, 0.3) is 22.1 Å². The van der Waals surface area contributed by atoms with Crippen LogP contribution in [-0.4, -0.2) is 12.5 Å². The number of furan rings is 1. The number of carbonyl (C=O) groups excluding carboxylic acids is 1. The molecule has 3 rings (SSSR count). The van der Waals surface area contributed by atoms with Crippen molar-refractivity contribution in [2.45, 2.75) is 46.0 Å². The second-order valence-corrected chi connectivity index (χ2v) is 6.85. The molecule has 3 heteroatoms. The van der Waals surface area contributed by atoms with E-state index < -0.39 is 0 Å². The van der Waals surface area contributed by atoms with Gasteiger partial charge in [-0.25, -0.2) is 0 Å². The fourth-order valence-electron chi connectivity index (χ4n) is 3.24. The largest absolute Gasteiger partial charge is 0.450 e. The lowest BCUT2D eigenvalue weighted by Gasteiger charge is -2.03. The monoisotopic (exact) mass is 349 g/mol. The fraction of sp³-hybridized carbons (Fsp3) is 0.348. The molecule has 0 fully saturated rings. The summed E-state index contributed by atoms with van der Waals surface area (Å²) in [6.07, 6.45) is 5.88. The third-order valence-electron chi connectivity index (χ3n) is 4.68. The van der Waals surface area contributed by atoms with E-state index in [2.05, 4.69) is 25.2 Å². The van der Waals surface area contributed by atoms with Gasteiger partial charge in [-0.3, -0.25) is 4.79 Å². The van der Waals surface area contributed by atoms with E-state index in [4.69, 9.17) is 4.42 Å². The minimum Gasteiger partial charge on any atom is -0.450 e. The normalized spacial score (nSPS) is 11.0.